The summed E-state index contributed by atoms with van der Waals surface area (Å²) in [6.07, 6.45) is 5.95. The molecule has 0 saturated heterocycles. The molecule has 0 bridgehead atoms. The number of aryl methyl sites for hydroxylation is 1. The zero-order valence-electron chi connectivity index (χ0n) is 14.1. The van der Waals surface area contributed by atoms with Gasteiger partial charge in [0.15, 0.2) is 11.6 Å². The molecule has 0 spiro atoms. The van der Waals surface area contributed by atoms with Gasteiger partial charge < -0.3 is 0 Å². The highest BCUT2D eigenvalue weighted by molar-refractivity contribution is 5.29. The van der Waals surface area contributed by atoms with Crippen molar-refractivity contribution in [3.05, 3.63) is 34.9 Å². The Bertz CT molecular complexity index is 546. The molecule has 128 valence electrons. The molecule has 2 saturated carbocycles. The van der Waals surface area contributed by atoms with E-state index in [1.54, 1.807) is 12.1 Å². The van der Waals surface area contributed by atoms with Crippen LogP contribution in [0.2, 0.25) is 0 Å². The Morgan fingerprint density at radius 1 is 0.870 bits per heavy atom. The molecular weight excluding hydrogens is 297 g/mol. The van der Waals surface area contributed by atoms with Crippen molar-refractivity contribution in [2.45, 2.75) is 70.9 Å². The number of rotatable bonds is 2. The van der Waals surface area contributed by atoms with Crippen LogP contribution in [0.5, 0.6) is 0 Å². The van der Waals surface area contributed by atoms with Crippen LogP contribution in [0.15, 0.2) is 12.1 Å². The molecule has 0 heterocycles. The van der Waals surface area contributed by atoms with E-state index in [0.29, 0.717) is 24.7 Å². The van der Waals surface area contributed by atoms with E-state index < -0.39 is 23.7 Å². The lowest BCUT2D eigenvalue weighted by Gasteiger charge is -2.39. The van der Waals surface area contributed by atoms with Gasteiger partial charge in [0.1, 0.15) is 6.17 Å². The standard InChI is InChI=1S/C20H27F3/c1-12-3-6-14(7-4-12)15-8-10-16(18(21)11-15)17-9-5-13(2)19(22)20(17)23/h5,9,12,14-16,18H,3-4,6-8,10-11H2,1-2H3. The largest absolute Gasteiger partial charge is 0.247 e. The second-order valence-corrected chi connectivity index (χ2v) is 7.82. The van der Waals surface area contributed by atoms with Gasteiger partial charge in [-0.3, -0.25) is 0 Å². The molecule has 0 nitrogen and oxygen atoms in total. The molecule has 3 heteroatoms. The molecule has 1 aromatic rings. The number of hydrogen-bond donors (Lipinski definition) is 0. The van der Waals surface area contributed by atoms with Gasteiger partial charge >= 0.3 is 0 Å². The number of alkyl halides is 1. The molecule has 2 aliphatic carbocycles. The first-order valence-electron chi connectivity index (χ1n) is 9.06. The molecule has 1 aromatic carbocycles. The Kier molecular flexibility index (Phi) is 5.03. The van der Waals surface area contributed by atoms with Crippen LogP contribution in [-0.4, -0.2) is 6.17 Å². The van der Waals surface area contributed by atoms with Gasteiger partial charge in [0.2, 0.25) is 0 Å². The average Bonchev–Trinajstić information content (AvgIpc) is 2.54. The highest BCUT2D eigenvalue weighted by atomic mass is 19.2. The second kappa shape index (κ2) is 6.86. The third-order valence-electron chi connectivity index (χ3n) is 6.24. The minimum atomic E-state index is -1.05. The maximum absolute atomic E-state index is 14.7. The lowest BCUT2D eigenvalue weighted by Crippen LogP contribution is -2.31. The molecule has 3 rings (SSSR count). The van der Waals surface area contributed by atoms with Crippen LogP contribution >= 0.6 is 0 Å². The lowest BCUT2D eigenvalue weighted by molar-refractivity contribution is 0.104. The smallest absolute Gasteiger partial charge is 0.162 e. The van der Waals surface area contributed by atoms with Crippen molar-refractivity contribution in [3.8, 4) is 0 Å². The average molecular weight is 324 g/mol. The zero-order valence-corrected chi connectivity index (χ0v) is 14.1. The van der Waals surface area contributed by atoms with E-state index in [0.717, 1.165) is 12.3 Å². The van der Waals surface area contributed by atoms with E-state index in [2.05, 4.69) is 6.92 Å². The van der Waals surface area contributed by atoms with Gasteiger partial charge in [0.25, 0.3) is 0 Å². The van der Waals surface area contributed by atoms with Crippen molar-refractivity contribution < 1.29 is 13.2 Å². The first-order chi connectivity index (χ1) is 11.0. The van der Waals surface area contributed by atoms with Gasteiger partial charge in [-0.05, 0) is 67.9 Å². The molecule has 2 fully saturated rings. The maximum Gasteiger partial charge on any atom is 0.162 e. The first kappa shape index (κ1) is 16.9. The van der Waals surface area contributed by atoms with Crippen LogP contribution in [0.4, 0.5) is 13.2 Å². The van der Waals surface area contributed by atoms with Crippen LogP contribution in [-0.2, 0) is 0 Å². The van der Waals surface area contributed by atoms with E-state index in [4.69, 9.17) is 0 Å². The minimum Gasteiger partial charge on any atom is -0.247 e. The molecular formula is C20H27F3. The molecule has 0 N–H and O–H groups in total. The fraction of sp³-hybridized carbons (Fsp3) is 0.700. The monoisotopic (exact) mass is 324 g/mol. The Morgan fingerprint density at radius 3 is 2.17 bits per heavy atom. The van der Waals surface area contributed by atoms with Crippen molar-refractivity contribution in [1.82, 2.24) is 0 Å². The number of hydrogen-bond acceptors (Lipinski definition) is 0. The van der Waals surface area contributed by atoms with E-state index in [-0.39, 0.29) is 11.1 Å². The number of halogens is 3. The third kappa shape index (κ3) is 3.44. The maximum atomic E-state index is 14.7. The van der Waals surface area contributed by atoms with Gasteiger partial charge in [0.05, 0.1) is 0 Å². The van der Waals surface area contributed by atoms with E-state index in [1.807, 2.05) is 0 Å². The van der Waals surface area contributed by atoms with E-state index in [9.17, 15) is 13.2 Å². The molecule has 0 aromatic heterocycles. The van der Waals surface area contributed by atoms with Crippen molar-refractivity contribution in [2.75, 3.05) is 0 Å². The molecule has 0 radical (unpaired) electrons. The van der Waals surface area contributed by atoms with Crippen LogP contribution in [0.1, 0.15) is 68.9 Å². The van der Waals surface area contributed by atoms with Crippen molar-refractivity contribution in [3.63, 3.8) is 0 Å². The van der Waals surface area contributed by atoms with Crippen molar-refractivity contribution in [2.24, 2.45) is 17.8 Å². The quantitative estimate of drug-likeness (QED) is 0.597. The second-order valence-electron chi connectivity index (χ2n) is 7.82. The van der Waals surface area contributed by atoms with Gasteiger partial charge in [-0.25, -0.2) is 13.2 Å². The van der Waals surface area contributed by atoms with Gasteiger partial charge in [-0.15, -0.1) is 0 Å². The molecule has 2 aliphatic rings. The highest BCUT2D eigenvalue weighted by Crippen LogP contribution is 2.45. The summed E-state index contributed by atoms with van der Waals surface area (Å²) in [6, 6.07) is 3.14. The van der Waals surface area contributed by atoms with Gasteiger partial charge in [-0.1, -0.05) is 31.9 Å². The van der Waals surface area contributed by atoms with Gasteiger partial charge in [-0.2, -0.15) is 0 Å². The van der Waals surface area contributed by atoms with E-state index in [1.165, 1.54) is 32.6 Å². The summed E-state index contributed by atoms with van der Waals surface area (Å²) in [5.74, 6) is -0.296. The predicted octanol–water partition coefficient (Wildman–Crippen LogP) is 6.32. The van der Waals surface area contributed by atoms with Crippen LogP contribution in [0.3, 0.4) is 0 Å². The van der Waals surface area contributed by atoms with Crippen LogP contribution in [0, 0.1) is 36.3 Å². The minimum absolute atomic E-state index is 0.233. The fourth-order valence-electron chi connectivity index (χ4n) is 4.63. The predicted molar refractivity (Wildman–Crippen MR) is 87.2 cm³/mol. The summed E-state index contributed by atoms with van der Waals surface area (Å²) in [7, 11) is 0. The van der Waals surface area contributed by atoms with Gasteiger partial charge in [0, 0.05) is 5.92 Å². The van der Waals surface area contributed by atoms with Crippen LogP contribution in [0.25, 0.3) is 0 Å². The zero-order chi connectivity index (χ0) is 16.6. The molecule has 3 atom stereocenters. The van der Waals surface area contributed by atoms with E-state index >= 15 is 0 Å². The summed E-state index contributed by atoms with van der Waals surface area (Å²) in [5.41, 5.74) is 0.517. The molecule has 0 amide bonds. The lowest BCUT2D eigenvalue weighted by atomic mass is 9.68. The first-order valence-corrected chi connectivity index (χ1v) is 9.06. The summed E-state index contributed by atoms with van der Waals surface area (Å²) in [5, 5.41) is 0. The van der Waals surface area contributed by atoms with Crippen LogP contribution < -0.4 is 0 Å². The highest BCUT2D eigenvalue weighted by Gasteiger charge is 2.37. The fourth-order valence-corrected chi connectivity index (χ4v) is 4.63. The third-order valence-corrected chi connectivity index (χ3v) is 6.24. The normalized spacial score (nSPS) is 35.3. The topological polar surface area (TPSA) is 0 Å². The summed E-state index contributed by atoms with van der Waals surface area (Å²) in [4.78, 5) is 0. The molecule has 0 aliphatic heterocycles. The molecule has 3 unspecified atom stereocenters. The Balaban J connectivity index is 1.68. The SMILES string of the molecule is Cc1ccc(C2CCC(C3CCC(C)CC3)CC2F)c(F)c1F. The Hall–Kier alpha value is -0.990. The Labute approximate surface area is 137 Å². The van der Waals surface area contributed by atoms with Crippen molar-refractivity contribution >= 4 is 0 Å². The summed E-state index contributed by atoms with van der Waals surface area (Å²) < 4.78 is 42.7. The summed E-state index contributed by atoms with van der Waals surface area (Å²) >= 11 is 0. The Morgan fingerprint density at radius 2 is 1.52 bits per heavy atom. The number of benzene rings is 1. The van der Waals surface area contributed by atoms with Crippen molar-refractivity contribution in [1.29, 1.82) is 0 Å². The molecule has 23 heavy (non-hydrogen) atoms. The summed E-state index contributed by atoms with van der Waals surface area (Å²) in [6.45, 7) is 3.83.